The predicted octanol–water partition coefficient (Wildman–Crippen LogP) is 2.39. The first-order chi connectivity index (χ1) is 9.86. The highest BCUT2D eigenvalue weighted by atomic mass is 15.1. The van der Waals surface area contributed by atoms with E-state index in [1.54, 1.807) is 0 Å². The SMILES string of the molecule is N#Cc1ccccc1C1CCC(CNC2CNC2)CC1. The van der Waals surface area contributed by atoms with Crippen LogP contribution in [0.5, 0.6) is 0 Å². The highest BCUT2D eigenvalue weighted by molar-refractivity contribution is 5.39. The molecule has 0 aromatic heterocycles. The van der Waals surface area contributed by atoms with Gasteiger partial charge in [0.1, 0.15) is 0 Å². The second-order valence-corrected chi connectivity index (χ2v) is 6.18. The lowest BCUT2D eigenvalue weighted by molar-refractivity contribution is 0.280. The molecule has 1 heterocycles. The van der Waals surface area contributed by atoms with Gasteiger partial charge in [-0.2, -0.15) is 5.26 Å². The summed E-state index contributed by atoms with van der Waals surface area (Å²) >= 11 is 0. The van der Waals surface area contributed by atoms with Gasteiger partial charge in [-0.15, -0.1) is 0 Å². The quantitative estimate of drug-likeness (QED) is 0.882. The molecule has 0 spiro atoms. The van der Waals surface area contributed by atoms with E-state index in [0.29, 0.717) is 12.0 Å². The minimum atomic E-state index is 0.590. The van der Waals surface area contributed by atoms with Crippen LogP contribution in [0.25, 0.3) is 0 Å². The van der Waals surface area contributed by atoms with Crippen molar-refractivity contribution >= 4 is 0 Å². The van der Waals surface area contributed by atoms with Crippen LogP contribution in [-0.2, 0) is 0 Å². The Morgan fingerprint density at radius 2 is 1.90 bits per heavy atom. The average molecular weight is 269 g/mol. The molecule has 3 heteroatoms. The van der Waals surface area contributed by atoms with Crippen molar-refractivity contribution in [2.75, 3.05) is 19.6 Å². The van der Waals surface area contributed by atoms with Crippen LogP contribution < -0.4 is 10.6 Å². The molecule has 1 aliphatic heterocycles. The van der Waals surface area contributed by atoms with Crippen molar-refractivity contribution < 1.29 is 0 Å². The van der Waals surface area contributed by atoms with Crippen LogP contribution in [0.3, 0.4) is 0 Å². The molecule has 3 rings (SSSR count). The zero-order valence-corrected chi connectivity index (χ0v) is 11.9. The van der Waals surface area contributed by atoms with Gasteiger partial charge in [-0.1, -0.05) is 18.2 Å². The van der Waals surface area contributed by atoms with Crippen molar-refractivity contribution in [1.29, 1.82) is 5.26 Å². The number of benzene rings is 1. The van der Waals surface area contributed by atoms with Crippen molar-refractivity contribution in [2.24, 2.45) is 5.92 Å². The van der Waals surface area contributed by atoms with Gasteiger partial charge >= 0.3 is 0 Å². The van der Waals surface area contributed by atoms with Crippen LogP contribution >= 0.6 is 0 Å². The van der Waals surface area contributed by atoms with Crippen LogP contribution in [-0.4, -0.2) is 25.7 Å². The lowest BCUT2D eigenvalue weighted by Gasteiger charge is -2.33. The maximum absolute atomic E-state index is 9.21. The molecule has 1 aliphatic carbocycles. The summed E-state index contributed by atoms with van der Waals surface area (Å²) < 4.78 is 0. The summed E-state index contributed by atoms with van der Waals surface area (Å²) in [6.07, 6.45) is 5.04. The van der Waals surface area contributed by atoms with Crippen LogP contribution in [0, 0.1) is 17.2 Å². The Morgan fingerprint density at radius 1 is 1.15 bits per heavy atom. The standard InChI is InChI=1S/C17H23N3/c18-9-15-3-1-2-4-17(15)14-7-5-13(6-8-14)10-20-16-11-19-12-16/h1-4,13-14,16,19-20H,5-8,10-12H2. The number of nitrogens with one attached hydrogen (secondary N) is 2. The molecule has 3 nitrogen and oxygen atoms in total. The third-order valence-corrected chi connectivity index (χ3v) is 4.84. The molecule has 2 N–H and O–H groups in total. The number of nitriles is 1. The third kappa shape index (κ3) is 3.03. The topological polar surface area (TPSA) is 47.9 Å². The second-order valence-electron chi connectivity index (χ2n) is 6.18. The van der Waals surface area contributed by atoms with Crippen molar-refractivity contribution in [3.63, 3.8) is 0 Å². The van der Waals surface area contributed by atoms with Gasteiger partial charge in [0, 0.05) is 19.1 Å². The summed E-state index contributed by atoms with van der Waals surface area (Å²) in [7, 11) is 0. The van der Waals surface area contributed by atoms with E-state index >= 15 is 0 Å². The Balaban J connectivity index is 1.51. The Bertz CT molecular complexity index is 479. The molecule has 0 bridgehead atoms. The van der Waals surface area contributed by atoms with Gasteiger partial charge in [-0.25, -0.2) is 0 Å². The van der Waals surface area contributed by atoms with E-state index in [9.17, 15) is 5.26 Å². The van der Waals surface area contributed by atoms with Crippen LogP contribution in [0.15, 0.2) is 24.3 Å². The van der Waals surface area contributed by atoms with Crippen LogP contribution in [0.2, 0.25) is 0 Å². The van der Waals surface area contributed by atoms with Crippen LogP contribution in [0.4, 0.5) is 0 Å². The third-order valence-electron chi connectivity index (χ3n) is 4.84. The number of hydrogen-bond donors (Lipinski definition) is 2. The van der Waals surface area contributed by atoms with E-state index in [0.717, 1.165) is 24.6 Å². The smallest absolute Gasteiger partial charge is 0.0994 e. The molecule has 1 aromatic carbocycles. The maximum atomic E-state index is 9.21. The number of rotatable bonds is 4. The molecule has 2 aliphatic rings. The molecular formula is C17H23N3. The molecule has 1 saturated heterocycles. The lowest BCUT2D eigenvalue weighted by atomic mass is 9.77. The molecule has 1 aromatic rings. The highest BCUT2D eigenvalue weighted by Gasteiger charge is 2.25. The fraction of sp³-hybridized carbons (Fsp3) is 0.588. The fourth-order valence-corrected chi connectivity index (χ4v) is 3.40. The summed E-state index contributed by atoms with van der Waals surface area (Å²) in [6.45, 7) is 3.43. The molecule has 0 radical (unpaired) electrons. The Labute approximate surface area is 121 Å². The van der Waals surface area contributed by atoms with E-state index in [1.165, 1.54) is 37.8 Å². The second kappa shape index (κ2) is 6.39. The van der Waals surface area contributed by atoms with Gasteiger partial charge in [-0.05, 0) is 55.7 Å². The molecule has 20 heavy (non-hydrogen) atoms. The minimum Gasteiger partial charge on any atom is -0.314 e. The predicted molar refractivity (Wildman–Crippen MR) is 80.5 cm³/mol. The molecule has 1 saturated carbocycles. The van der Waals surface area contributed by atoms with Gasteiger partial charge in [0.25, 0.3) is 0 Å². The Hall–Kier alpha value is -1.37. The fourth-order valence-electron chi connectivity index (χ4n) is 3.40. The molecule has 0 unspecified atom stereocenters. The monoisotopic (exact) mass is 269 g/mol. The van der Waals surface area contributed by atoms with Gasteiger partial charge in [0.05, 0.1) is 11.6 Å². The van der Waals surface area contributed by atoms with E-state index in [1.807, 2.05) is 12.1 Å². The lowest BCUT2D eigenvalue weighted by Crippen LogP contribution is -2.56. The van der Waals surface area contributed by atoms with Gasteiger partial charge in [0.15, 0.2) is 0 Å². The zero-order chi connectivity index (χ0) is 13.8. The normalized spacial score (nSPS) is 26.8. The number of nitrogens with zero attached hydrogens (tertiary/aromatic N) is 1. The van der Waals surface area contributed by atoms with Gasteiger partial charge in [-0.3, -0.25) is 0 Å². The maximum Gasteiger partial charge on any atom is 0.0994 e. The average Bonchev–Trinajstić information content (AvgIpc) is 2.46. The van der Waals surface area contributed by atoms with Crippen molar-refractivity contribution in [2.45, 2.75) is 37.6 Å². The summed E-state index contributed by atoms with van der Waals surface area (Å²) in [6, 6.07) is 11.2. The zero-order valence-electron chi connectivity index (χ0n) is 11.9. The van der Waals surface area contributed by atoms with Crippen molar-refractivity contribution in [3.8, 4) is 6.07 Å². The number of hydrogen-bond acceptors (Lipinski definition) is 3. The summed E-state index contributed by atoms with van der Waals surface area (Å²) in [5.41, 5.74) is 2.14. The Morgan fingerprint density at radius 3 is 2.55 bits per heavy atom. The summed E-state index contributed by atoms with van der Waals surface area (Å²) in [4.78, 5) is 0. The first-order valence-electron chi connectivity index (χ1n) is 7.80. The summed E-state index contributed by atoms with van der Waals surface area (Å²) in [5.74, 6) is 1.41. The molecule has 0 amide bonds. The molecule has 106 valence electrons. The molecule has 0 atom stereocenters. The Kier molecular flexibility index (Phi) is 4.34. The van der Waals surface area contributed by atoms with E-state index < -0.39 is 0 Å². The minimum absolute atomic E-state index is 0.590. The van der Waals surface area contributed by atoms with E-state index in [-0.39, 0.29) is 0 Å². The first kappa shape index (κ1) is 13.6. The van der Waals surface area contributed by atoms with E-state index in [2.05, 4.69) is 28.8 Å². The first-order valence-corrected chi connectivity index (χ1v) is 7.80. The van der Waals surface area contributed by atoms with Gasteiger partial charge < -0.3 is 10.6 Å². The van der Waals surface area contributed by atoms with Gasteiger partial charge in [0.2, 0.25) is 0 Å². The van der Waals surface area contributed by atoms with Crippen molar-refractivity contribution in [3.05, 3.63) is 35.4 Å². The summed E-state index contributed by atoms with van der Waals surface area (Å²) in [5, 5.41) is 16.2. The van der Waals surface area contributed by atoms with Crippen molar-refractivity contribution in [1.82, 2.24) is 10.6 Å². The largest absolute Gasteiger partial charge is 0.314 e. The molecular weight excluding hydrogens is 246 g/mol. The molecule has 2 fully saturated rings. The van der Waals surface area contributed by atoms with Crippen LogP contribution in [0.1, 0.15) is 42.7 Å². The van der Waals surface area contributed by atoms with E-state index in [4.69, 9.17) is 0 Å². The highest BCUT2D eigenvalue weighted by Crippen LogP contribution is 2.36.